The van der Waals surface area contributed by atoms with Crippen molar-refractivity contribution in [1.29, 1.82) is 0 Å². The SMILES string of the molecule is CCC(=O)O[C@]1(c2ccccc2)C[C@@H](C(C)(C)C)C[NH+](C)[C@@H]1C. The van der Waals surface area contributed by atoms with Crippen LogP contribution in [0.4, 0.5) is 0 Å². The molecule has 0 aromatic heterocycles. The molecule has 1 unspecified atom stereocenters. The molecule has 1 aromatic carbocycles. The molecule has 1 N–H and O–H groups in total. The Bertz CT molecular complexity index is 534. The highest BCUT2D eigenvalue weighted by atomic mass is 16.6. The second-order valence-electron chi connectivity index (χ2n) is 8.12. The molecule has 3 nitrogen and oxygen atoms in total. The van der Waals surface area contributed by atoms with Crippen LogP contribution in [-0.2, 0) is 15.1 Å². The second-order valence-corrected chi connectivity index (χ2v) is 8.12. The van der Waals surface area contributed by atoms with Crippen molar-refractivity contribution < 1.29 is 14.4 Å². The van der Waals surface area contributed by atoms with Gasteiger partial charge in [0.2, 0.25) is 0 Å². The Morgan fingerprint density at radius 2 is 1.91 bits per heavy atom. The Morgan fingerprint density at radius 3 is 2.43 bits per heavy atom. The Morgan fingerprint density at radius 1 is 1.30 bits per heavy atom. The van der Waals surface area contributed by atoms with Crippen molar-refractivity contribution in [3.05, 3.63) is 35.9 Å². The number of carbonyl (C=O) groups is 1. The molecule has 1 saturated heterocycles. The van der Waals surface area contributed by atoms with E-state index >= 15 is 0 Å². The molecular weight excluding hydrogens is 286 g/mol. The smallest absolute Gasteiger partial charge is 0.306 e. The molecule has 128 valence electrons. The van der Waals surface area contributed by atoms with E-state index in [-0.39, 0.29) is 17.4 Å². The first-order valence-electron chi connectivity index (χ1n) is 8.80. The van der Waals surface area contributed by atoms with Crippen molar-refractivity contribution in [2.45, 2.75) is 59.1 Å². The number of hydrogen-bond donors (Lipinski definition) is 1. The first-order chi connectivity index (χ1) is 10.7. The number of carbonyl (C=O) groups excluding carboxylic acids is 1. The van der Waals surface area contributed by atoms with E-state index in [1.54, 1.807) is 0 Å². The Hall–Kier alpha value is -1.35. The number of likely N-dealkylation sites (tertiary alicyclic amines) is 1. The Labute approximate surface area is 141 Å². The van der Waals surface area contributed by atoms with Gasteiger partial charge in [-0.3, -0.25) is 4.79 Å². The number of benzene rings is 1. The highest BCUT2D eigenvalue weighted by Gasteiger charge is 2.53. The molecular formula is C20H32NO2+. The van der Waals surface area contributed by atoms with Crippen molar-refractivity contribution in [2.24, 2.45) is 11.3 Å². The van der Waals surface area contributed by atoms with Gasteiger partial charge in [-0.05, 0) is 12.3 Å². The number of rotatable bonds is 3. The zero-order valence-corrected chi connectivity index (χ0v) is 15.5. The van der Waals surface area contributed by atoms with Crippen molar-refractivity contribution in [2.75, 3.05) is 13.6 Å². The average Bonchev–Trinajstić information content (AvgIpc) is 2.51. The fourth-order valence-corrected chi connectivity index (χ4v) is 3.74. The van der Waals surface area contributed by atoms with E-state index in [1.807, 2.05) is 25.1 Å². The third kappa shape index (κ3) is 3.60. The van der Waals surface area contributed by atoms with Gasteiger partial charge in [-0.25, -0.2) is 0 Å². The second kappa shape index (κ2) is 6.64. The van der Waals surface area contributed by atoms with E-state index in [4.69, 9.17) is 4.74 Å². The van der Waals surface area contributed by atoms with Crippen LogP contribution in [0, 0.1) is 11.3 Å². The molecule has 0 bridgehead atoms. The molecule has 3 heteroatoms. The monoisotopic (exact) mass is 318 g/mol. The van der Waals surface area contributed by atoms with Gasteiger partial charge in [-0.1, -0.05) is 58.0 Å². The number of piperidine rings is 1. The summed E-state index contributed by atoms with van der Waals surface area (Å²) >= 11 is 0. The molecule has 1 aliphatic heterocycles. The summed E-state index contributed by atoms with van der Waals surface area (Å²) in [6.45, 7) is 12.1. The standard InChI is InChI=1S/C20H31NO2/c1-7-18(22)23-20(16-11-9-8-10-12-16)13-17(19(3,4)5)14-21(6)15(20)2/h8-12,15,17H,7,13-14H2,1-6H3/p+1/t15-,17-,20-/m1/s1. The molecule has 1 fully saturated rings. The van der Waals surface area contributed by atoms with Gasteiger partial charge in [0.15, 0.2) is 5.60 Å². The first-order valence-corrected chi connectivity index (χ1v) is 8.80. The van der Waals surface area contributed by atoms with E-state index in [0.29, 0.717) is 12.3 Å². The maximum absolute atomic E-state index is 12.2. The molecule has 0 radical (unpaired) electrons. The summed E-state index contributed by atoms with van der Waals surface area (Å²) in [4.78, 5) is 13.7. The van der Waals surface area contributed by atoms with Gasteiger partial charge in [-0.2, -0.15) is 0 Å². The summed E-state index contributed by atoms with van der Waals surface area (Å²) in [5.41, 5.74) is 0.789. The normalized spacial score (nSPS) is 31.7. The highest BCUT2D eigenvalue weighted by molar-refractivity contribution is 5.69. The molecule has 0 aliphatic carbocycles. The average molecular weight is 318 g/mol. The van der Waals surface area contributed by atoms with Gasteiger partial charge in [-0.15, -0.1) is 0 Å². The molecule has 2 rings (SSSR count). The lowest BCUT2D eigenvalue weighted by atomic mass is 9.67. The third-order valence-corrected chi connectivity index (χ3v) is 5.63. The van der Waals surface area contributed by atoms with Crippen molar-refractivity contribution in [3.63, 3.8) is 0 Å². The molecule has 1 heterocycles. The van der Waals surface area contributed by atoms with E-state index in [2.05, 4.69) is 46.9 Å². The van der Waals surface area contributed by atoms with Gasteiger partial charge in [0.05, 0.1) is 13.6 Å². The minimum absolute atomic E-state index is 0.108. The van der Waals surface area contributed by atoms with Crippen LogP contribution in [0.5, 0.6) is 0 Å². The van der Waals surface area contributed by atoms with Crippen LogP contribution in [0.1, 0.15) is 53.0 Å². The summed E-state index contributed by atoms with van der Waals surface area (Å²) < 4.78 is 6.16. The van der Waals surface area contributed by atoms with Crippen LogP contribution in [-0.4, -0.2) is 25.6 Å². The maximum Gasteiger partial charge on any atom is 0.306 e. The summed E-state index contributed by atoms with van der Waals surface area (Å²) in [5, 5.41) is 0. The molecule has 1 aromatic rings. The molecule has 0 spiro atoms. The number of likely N-dealkylation sites (N-methyl/N-ethyl adjacent to an activating group) is 1. The van der Waals surface area contributed by atoms with Crippen molar-refractivity contribution >= 4 is 5.97 Å². The largest absolute Gasteiger partial charge is 0.448 e. The quantitative estimate of drug-likeness (QED) is 0.869. The predicted molar refractivity (Wildman–Crippen MR) is 93.3 cm³/mol. The van der Waals surface area contributed by atoms with Crippen LogP contribution >= 0.6 is 0 Å². The van der Waals surface area contributed by atoms with E-state index in [9.17, 15) is 4.79 Å². The first kappa shape index (κ1) is 18.0. The number of ether oxygens (including phenoxy) is 1. The van der Waals surface area contributed by atoms with E-state index in [1.165, 1.54) is 4.90 Å². The molecule has 4 atom stereocenters. The predicted octanol–water partition coefficient (Wildman–Crippen LogP) is 2.80. The van der Waals surface area contributed by atoms with E-state index < -0.39 is 5.60 Å². The fraction of sp³-hybridized carbons (Fsp3) is 0.650. The van der Waals surface area contributed by atoms with Gasteiger partial charge < -0.3 is 9.64 Å². The topological polar surface area (TPSA) is 30.7 Å². The zero-order chi connectivity index (χ0) is 17.3. The highest BCUT2D eigenvalue weighted by Crippen LogP contribution is 2.43. The molecule has 0 saturated carbocycles. The lowest BCUT2D eigenvalue weighted by Gasteiger charge is -2.50. The van der Waals surface area contributed by atoms with Crippen LogP contribution in [0.25, 0.3) is 0 Å². The van der Waals surface area contributed by atoms with E-state index in [0.717, 1.165) is 18.5 Å². The minimum atomic E-state index is -0.533. The number of quaternary nitrogens is 1. The van der Waals surface area contributed by atoms with Crippen molar-refractivity contribution in [1.82, 2.24) is 0 Å². The van der Waals surface area contributed by atoms with Gasteiger partial charge in [0.25, 0.3) is 0 Å². The molecule has 1 aliphatic rings. The summed E-state index contributed by atoms with van der Waals surface area (Å²) in [5.74, 6) is 0.395. The summed E-state index contributed by atoms with van der Waals surface area (Å²) in [7, 11) is 2.22. The zero-order valence-electron chi connectivity index (χ0n) is 15.5. The van der Waals surface area contributed by atoms with Gasteiger partial charge >= 0.3 is 5.97 Å². The van der Waals surface area contributed by atoms with Gasteiger partial charge in [0.1, 0.15) is 6.04 Å². The maximum atomic E-state index is 12.2. The lowest BCUT2D eigenvalue weighted by molar-refractivity contribution is -0.924. The summed E-state index contributed by atoms with van der Waals surface area (Å²) in [6.07, 6.45) is 1.31. The number of nitrogens with one attached hydrogen (secondary N) is 1. The Balaban J connectivity index is 2.51. The Kier molecular flexibility index (Phi) is 5.20. The minimum Gasteiger partial charge on any atom is -0.448 e. The van der Waals surface area contributed by atoms with Crippen molar-refractivity contribution in [3.8, 4) is 0 Å². The fourth-order valence-electron chi connectivity index (χ4n) is 3.74. The number of hydrogen-bond acceptors (Lipinski definition) is 2. The van der Waals surface area contributed by atoms with Crippen LogP contribution in [0.15, 0.2) is 30.3 Å². The third-order valence-electron chi connectivity index (χ3n) is 5.63. The lowest BCUT2D eigenvalue weighted by Crippen LogP contribution is -3.17. The van der Waals surface area contributed by atoms with Gasteiger partial charge in [0, 0.05) is 24.3 Å². The number of esters is 1. The van der Waals surface area contributed by atoms with Crippen LogP contribution < -0.4 is 4.90 Å². The van der Waals surface area contributed by atoms with Crippen LogP contribution in [0.2, 0.25) is 0 Å². The molecule has 0 amide bonds. The van der Waals surface area contributed by atoms with Crippen LogP contribution in [0.3, 0.4) is 0 Å². The molecule has 23 heavy (non-hydrogen) atoms. The summed E-state index contributed by atoms with van der Waals surface area (Å²) in [6, 6.07) is 10.6.